The first-order valence-corrected chi connectivity index (χ1v) is 6.36. The van der Waals surface area contributed by atoms with Crippen LogP contribution in [0.25, 0.3) is 0 Å². The van der Waals surface area contributed by atoms with Crippen LogP contribution in [-0.4, -0.2) is 17.5 Å². The molecule has 7 nitrogen and oxygen atoms in total. The molecule has 1 heterocycles. The Labute approximate surface area is 122 Å². The van der Waals surface area contributed by atoms with Gasteiger partial charge in [-0.2, -0.15) is 10.4 Å². The Hall–Kier alpha value is -2.88. The van der Waals surface area contributed by atoms with Gasteiger partial charge in [0.05, 0.1) is 5.69 Å². The molecule has 7 heteroatoms. The van der Waals surface area contributed by atoms with Gasteiger partial charge >= 0.3 is 0 Å². The van der Waals surface area contributed by atoms with Crippen LogP contribution < -0.4 is 16.5 Å². The van der Waals surface area contributed by atoms with Crippen LogP contribution in [0.2, 0.25) is 0 Å². The highest BCUT2D eigenvalue weighted by atomic mass is 16.2. The minimum Gasteiger partial charge on any atom is -0.382 e. The predicted octanol–water partition coefficient (Wildman–Crippen LogP) is 1.43. The minimum atomic E-state index is -0.521. The largest absolute Gasteiger partial charge is 0.382 e. The molecule has 0 unspecified atom stereocenters. The van der Waals surface area contributed by atoms with E-state index >= 15 is 0 Å². The summed E-state index contributed by atoms with van der Waals surface area (Å²) in [5.74, 6) is -0.430. The summed E-state index contributed by atoms with van der Waals surface area (Å²) in [5, 5.41) is 22.7. The first kappa shape index (κ1) is 14.5. The van der Waals surface area contributed by atoms with Crippen molar-refractivity contribution in [1.82, 2.24) is 0 Å². The average Bonchev–Trinajstić information content (AvgIpc) is 2.40. The zero-order valence-electron chi connectivity index (χ0n) is 11.8. The number of carbonyl (C=O) groups is 1. The lowest BCUT2D eigenvalue weighted by atomic mass is 9.81. The van der Waals surface area contributed by atoms with Crippen molar-refractivity contribution >= 4 is 28.8 Å². The molecule has 1 aromatic carbocycles. The van der Waals surface area contributed by atoms with Gasteiger partial charge in [0, 0.05) is 16.7 Å². The molecule has 2 rings (SSSR count). The van der Waals surface area contributed by atoms with E-state index in [1.54, 1.807) is 18.2 Å². The van der Waals surface area contributed by atoms with Crippen molar-refractivity contribution in [1.29, 1.82) is 10.7 Å². The fourth-order valence-electron chi connectivity index (χ4n) is 2.07. The van der Waals surface area contributed by atoms with Gasteiger partial charge in [-0.25, -0.2) is 0 Å². The lowest BCUT2D eigenvalue weighted by molar-refractivity contribution is -0.124. The third-order valence-corrected chi connectivity index (χ3v) is 3.31. The maximum atomic E-state index is 11.9. The number of anilines is 2. The Balaban J connectivity index is 2.36. The van der Waals surface area contributed by atoms with E-state index in [0.29, 0.717) is 12.1 Å². The first-order valence-electron chi connectivity index (χ1n) is 6.36. The van der Waals surface area contributed by atoms with Gasteiger partial charge in [-0.15, -0.1) is 0 Å². The highest BCUT2D eigenvalue weighted by Crippen LogP contribution is 2.37. The van der Waals surface area contributed by atoms with Gasteiger partial charge in [0.25, 0.3) is 0 Å². The molecule has 0 bridgehead atoms. The van der Waals surface area contributed by atoms with Crippen LogP contribution in [-0.2, 0) is 11.2 Å². The van der Waals surface area contributed by atoms with Gasteiger partial charge in [-0.3, -0.25) is 15.6 Å². The molecule has 0 fully saturated rings. The molecule has 1 aromatic rings. The lowest BCUT2D eigenvalue weighted by Gasteiger charge is -2.31. The second kappa shape index (κ2) is 5.25. The summed E-state index contributed by atoms with van der Waals surface area (Å²) in [6.45, 7) is 3.73. The quantitative estimate of drug-likeness (QED) is 0.380. The standard InChI is InChI=1S/C14H16N6O/c1-14(2)6-8-9(18-13(14)21)4-3-5-10(8)19-20-11(7-15)12(16)17/h3-5,19H,6H2,1-2H3,(H3,16,17)(H,18,21)/b20-11+. The molecule has 5 N–H and O–H groups in total. The van der Waals surface area contributed by atoms with E-state index in [-0.39, 0.29) is 11.6 Å². The van der Waals surface area contributed by atoms with Crippen LogP contribution in [0.1, 0.15) is 19.4 Å². The van der Waals surface area contributed by atoms with Gasteiger partial charge in [-0.1, -0.05) is 19.9 Å². The summed E-state index contributed by atoms with van der Waals surface area (Å²) in [7, 11) is 0. The van der Waals surface area contributed by atoms with Gasteiger partial charge < -0.3 is 11.1 Å². The number of amides is 1. The van der Waals surface area contributed by atoms with Gasteiger partial charge in [0.1, 0.15) is 6.07 Å². The van der Waals surface area contributed by atoms with E-state index in [4.69, 9.17) is 16.4 Å². The molecule has 0 radical (unpaired) electrons. The van der Waals surface area contributed by atoms with Crippen LogP contribution in [0.4, 0.5) is 11.4 Å². The number of amidine groups is 1. The van der Waals surface area contributed by atoms with Crippen LogP contribution in [0.3, 0.4) is 0 Å². The fourth-order valence-corrected chi connectivity index (χ4v) is 2.07. The Morgan fingerprint density at radius 2 is 2.29 bits per heavy atom. The normalized spacial score (nSPS) is 16.4. The molecule has 1 aliphatic heterocycles. The maximum Gasteiger partial charge on any atom is 0.230 e. The van der Waals surface area contributed by atoms with E-state index in [1.807, 2.05) is 19.9 Å². The molecule has 0 atom stereocenters. The molecule has 108 valence electrons. The van der Waals surface area contributed by atoms with Crippen LogP contribution >= 0.6 is 0 Å². The third-order valence-electron chi connectivity index (χ3n) is 3.31. The highest BCUT2D eigenvalue weighted by molar-refractivity contribution is 6.45. The van der Waals surface area contributed by atoms with Gasteiger partial charge in [-0.05, 0) is 18.6 Å². The number of carbonyl (C=O) groups excluding carboxylic acids is 1. The molecule has 21 heavy (non-hydrogen) atoms. The number of benzene rings is 1. The Morgan fingerprint density at radius 1 is 1.57 bits per heavy atom. The molecular weight excluding hydrogens is 268 g/mol. The van der Waals surface area contributed by atoms with Crippen molar-refractivity contribution < 1.29 is 4.79 Å². The first-order chi connectivity index (χ1) is 9.85. The van der Waals surface area contributed by atoms with Crippen molar-refractivity contribution in [3.05, 3.63) is 23.8 Å². The number of hydrazone groups is 1. The number of rotatable bonds is 3. The van der Waals surface area contributed by atoms with Crippen molar-refractivity contribution in [3.8, 4) is 6.07 Å². The number of nitrogens with two attached hydrogens (primary N) is 1. The molecule has 0 saturated heterocycles. The zero-order valence-corrected chi connectivity index (χ0v) is 11.8. The number of hydrogen-bond donors (Lipinski definition) is 4. The summed E-state index contributed by atoms with van der Waals surface area (Å²) >= 11 is 0. The third kappa shape index (κ3) is 2.84. The number of nitrogens with zero attached hydrogens (tertiary/aromatic N) is 2. The Bertz CT molecular complexity index is 683. The number of nitriles is 1. The second-order valence-electron chi connectivity index (χ2n) is 5.44. The van der Waals surface area contributed by atoms with E-state index in [9.17, 15) is 4.79 Å². The zero-order chi connectivity index (χ0) is 15.6. The average molecular weight is 284 g/mol. The molecule has 1 amide bonds. The van der Waals surface area contributed by atoms with Crippen molar-refractivity contribution in [3.63, 3.8) is 0 Å². The summed E-state index contributed by atoms with van der Waals surface area (Å²) in [6.07, 6.45) is 0.550. The number of nitrogens with one attached hydrogen (secondary N) is 3. The van der Waals surface area contributed by atoms with E-state index in [0.717, 1.165) is 11.3 Å². The summed E-state index contributed by atoms with van der Waals surface area (Å²) in [5.41, 5.74) is 9.59. The molecular formula is C14H16N6O. The van der Waals surface area contributed by atoms with E-state index in [2.05, 4.69) is 15.8 Å². The Morgan fingerprint density at radius 3 is 2.90 bits per heavy atom. The second-order valence-corrected chi connectivity index (χ2v) is 5.44. The van der Waals surface area contributed by atoms with Gasteiger partial charge in [0.15, 0.2) is 5.84 Å². The lowest BCUT2D eigenvalue weighted by Crippen LogP contribution is -2.37. The van der Waals surface area contributed by atoms with Crippen molar-refractivity contribution in [2.45, 2.75) is 20.3 Å². The molecule has 0 aromatic heterocycles. The van der Waals surface area contributed by atoms with Crippen LogP contribution in [0.5, 0.6) is 0 Å². The maximum absolute atomic E-state index is 11.9. The number of fused-ring (bicyclic) bond motifs is 1. The molecule has 0 aliphatic carbocycles. The van der Waals surface area contributed by atoms with Crippen LogP contribution in [0, 0.1) is 22.2 Å². The summed E-state index contributed by atoms with van der Waals surface area (Å²) in [6, 6.07) is 7.13. The summed E-state index contributed by atoms with van der Waals surface area (Å²) < 4.78 is 0. The minimum absolute atomic E-state index is 0.0305. The van der Waals surface area contributed by atoms with Crippen molar-refractivity contribution in [2.24, 2.45) is 16.3 Å². The molecule has 1 aliphatic rings. The van der Waals surface area contributed by atoms with Crippen molar-refractivity contribution in [2.75, 3.05) is 10.7 Å². The molecule has 0 saturated carbocycles. The highest BCUT2D eigenvalue weighted by Gasteiger charge is 2.34. The molecule has 0 spiro atoms. The Kier molecular flexibility index (Phi) is 3.63. The monoisotopic (exact) mass is 284 g/mol. The fraction of sp³-hybridized carbons (Fsp3) is 0.286. The predicted molar refractivity (Wildman–Crippen MR) is 81.1 cm³/mol. The summed E-state index contributed by atoms with van der Waals surface area (Å²) in [4.78, 5) is 11.9. The van der Waals surface area contributed by atoms with Gasteiger partial charge in [0.2, 0.25) is 11.6 Å². The number of hydrogen-bond acceptors (Lipinski definition) is 5. The SMILES string of the molecule is CC1(C)Cc2c(N/N=C(\C#N)C(=N)N)cccc2NC1=O. The van der Waals surface area contributed by atoms with Crippen LogP contribution in [0.15, 0.2) is 23.3 Å². The van der Waals surface area contributed by atoms with E-state index < -0.39 is 11.3 Å². The van der Waals surface area contributed by atoms with E-state index in [1.165, 1.54) is 0 Å². The topological polar surface area (TPSA) is 127 Å². The smallest absolute Gasteiger partial charge is 0.230 e.